The highest BCUT2D eigenvalue weighted by Crippen LogP contribution is 2.17. The lowest BCUT2D eigenvalue weighted by molar-refractivity contribution is -0.152. The molecule has 0 saturated carbocycles. The van der Waals surface area contributed by atoms with Crippen molar-refractivity contribution < 1.29 is 14.6 Å². The molecule has 11 heavy (non-hydrogen) atoms. The summed E-state index contributed by atoms with van der Waals surface area (Å²) in [5.41, 5.74) is 0. The molecule has 1 heterocycles. The summed E-state index contributed by atoms with van der Waals surface area (Å²) in [6.45, 7) is 1.56. The van der Waals surface area contributed by atoms with Gasteiger partial charge in [-0.25, -0.2) is 0 Å². The number of hydrogen-bond acceptors (Lipinski definition) is 4. The van der Waals surface area contributed by atoms with Crippen molar-refractivity contribution in [1.29, 1.82) is 0 Å². The number of carbonyl (C=O) groups excluding carboxylic acids is 1. The first-order chi connectivity index (χ1) is 5.29. The average molecular weight is 159 g/mol. The summed E-state index contributed by atoms with van der Waals surface area (Å²) in [7, 11) is 1.39. The van der Waals surface area contributed by atoms with Crippen LogP contribution in [0, 0.1) is 0 Å². The highest BCUT2D eigenvalue weighted by molar-refractivity contribution is 5.76. The van der Waals surface area contributed by atoms with Gasteiger partial charge < -0.3 is 9.84 Å². The first-order valence-electron chi connectivity index (χ1n) is 3.72. The lowest BCUT2D eigenvalue weighted by atomic mass is 10.0. The topological polar surface area (TPSA) is 49.8 Å². The van der Waals surface area contributed by atoms with Gasteiger partial charge in [0.05, 0.1) is 13.7 Å². The summed E-state index contributed by atoms with van der Waals surface area (Å²) >= 11 is 0. The molecule has 64 valence electrons. The third-order valence-corrected chi connectivity index (χ3v) is 1.99. The van der Waals surface area contributed by atoms with E-state index < -0.39 is 0 Å². The monoisotopic (exact) mass is 159 g/mol. The number of hydrogen-bond donors (Lipinski definition) is 1. The zero-order valence-electron chi connectivity index (χ0n) is 6.62. The highest BCUT2D eigenvalue weighted by atomic mass is 16.5. The Labute approximate surface area is 65.8 Å². The van der Waals surface area contributed by atoms with E-state index in [0.717, 1.165) is 13.0 Å². The molecule has 1 aliphatic heterocycles. The molecule has 0 aromatic rings. The number of aliphatic hydroxyl groups is 1. The molecule has 1 saturated heterocycles. The predicted molar refractivity (Wildman–Crippen MR) is 39.1 cm³/mol. The van der Waals surface area contributed by atoms with Crippen molar-refractivity contribution in [1.82, 2.24) is 4.90 Å². The van der Waals surface area contributed by atoms with Crippen LogP contribution in [0.15, 0.2) is 0 Å². The Hall–Kier alpha value is -0.610. The molecule has 1 atom stereocenters. The molecule has 0 aliphatic carbocycles. The van der Waals surface area contributed by atoms with Crippen molar-refractivity contribution in [3.8, 4) is 0 Å². The molecular formula is C7H13NO3. The maximum atomic E-state index is 10.9. The summed E-state index contributed by atoms with van der Waals surface area (Å²) in [6.07, 6.45) is 0.854. The van der Waals surface area contributed by atoms with Gasteiger partial charge in [0.25, 0.3) is 0 Å². The van der Waals surface area contributed by atoms with E-state index in [0.29, 0.717) is 6.54 Å². The van der Waals surface area contributed by atoms with Crippen LogP contribution in [0.5, 0.6) is 0 Å². The zero-order chi connectivity index (χ0) is 8.27. The van der Waals surface area contributed by atoms with Gasteiger partial charge in [-0.1, -0.05) is 0 Å². The van der Waals surface area contributed by atoms with Crippen LogP contribution >= 0.6 is 0 Å². The van der Waals surface area contributed by atoms with Gasteiger partial charge in [-0.15, -0.1) is 0 Å². The van der Waals surface area contributed by atoms with Gasteiger partial charge in [-0.3, -0.25) is 9.69 Å². The number of ether oxygens (including phenoxy) is 1. The molecular weight excluding hydrogens is 146 g/mol. The second-order valence-corrected chi connectivity index (χ2v) is 2.59. The molecule has 1 rings (SSSR count). The molecule has 1 fully saturated rings. The molecule has 0 aromatic carbocycles. The molecule has 1 N–H and O–H groups in total. The molecule has 1 aliphatic rings. The van der Waals surface area contributed by atoms with E-state index in [2.05, 4.69) is 4.74 Å². The Balaban J connectivity index is 2.30. The number of rotatable bonds is 3. The third-order valence-electron chi connectivity index (χ3n) is 1.99. The molecule has 4 heteroatoms. The molecule has 1 unspecified atom stereocenters. The van der Waals surface area contributed by atoms with Gasteiger partial charge in [-0.05, 0) is 6.42 Å². The van der Waals surface area contributed by atoms with Gasteiger partial charge in [-0.2, -0.15) is 0 Å². The molecule has 0 radical (unpaired) electrons. The lowest BCUT2D eigenvalue weighted by Gasteiger charge is -2.38. The highest BCUT2D eigenvalue weighted by Gasteiger charge is 2.33. The second kappa shape index (κ2) is 3.69. The van der Waals surface area contributed by atoms with Crippen LogP contribution in [-0.4, -0.2) is 48.8 Å². The number of aliphatic hydroxyl groups excluding tert-OH is 1. The van der Waals surface area contributed by atoms with E-state index in [1.165, 1.54) is 7.11 Å². The van der Waals surface area contributed by atoms with Gasteiger partial charge in [0.15, 0.2) is 0 Å². The Morgan fingerprint density at radius 1 is 1.82 bits per heavy atom. The fourth-order valence-corrected chi connectivity index (χ4v) is 1.24. The van der Waals surface area contributed by atoms with E-state index in [9.17, 15) is 4.79 Å². The van der Waals surface area contributed by atoms with Gasteiger partial charge >= 0.3 is 5.97 Å². The maximum Gasteiger partial charge on any atom is 0.323 e. The van der Waals surface area contributed by atoms with E-state index in [1.54, 1.807) is 0 Å². The van der Waals surface area contributed by atoms with Gasteiger partial charge in [0, 0.05) is 13.1 Å². The number of nitrogens with zero attached hydrogens (tertiary/aromatic N) is 1. The van der Waals surface area contributed by atoms with Crippen molar-refractivity contribution >= 4 is 5.97 Å². The SMILES string of the molecule is COC(=O)C1CCN1CCO. The van der Waals surface area contributed by atoms with Crippen LogP contribution in [0.2, 0.25) is 0 Å². The van der Waals surface area contributed by atoms with Gasteiger partial charge in [0.2, 0.25) is 0 Å². The summed E-state index contributed by atoms with van der Waals surface area (Å²) < 4.78 is 4.57. The van der Waals surface area contributed by atoms with Crippen LogP contribution in [0.1, 0.15) is 6.42 Å². The van der Waals surface area contributed by atoms with Crippen LogP contribution in [0.4, 0.5) is 0 Å². The standard InChI is InChI=1S/C7H13NO3/c1-11-7(10)6-2-3-8(6)4-5-9/h6,9H,2-5H2,1H3. The summed E-state index contributed by atoms with van der Waals surface area (Å²) in [5, 5.41) is 8.58. The molecule has 0 aromatic heterocycles. The van der Waals surface area contributed by atoms with Crippen molar-refractivity contribution in [3.05, 3.63) is 0 Å². The van der Waals surface area contributed by atoms with Crippen LogP contribution in [-0.2, 0) is 9.53 Å². The lowest BCUT2D eigenvalue weighted by Crippen LogP contribution is -2.53. The van der Waals surface area contributed by atoms with Gasteiger partial charge in [0.1, 0.15) is 6.04 Å². The van der Waals surface area contributed by atoms with E-state index in [1.807, 2.05) is 4.90 Å². The maximum absolute atomic E-state index is 10.9. The third kappa shape index (κ3) is 1.70. The van der Waals surface area contributed by atoms with Crippen molar-refractivity contribution in [2.24, 2.45) is 0 Å². The Morgan fingerprint density at radius 2 is 2.55 bits per heavy atom. The largest absolute Gasteiger partial charge is 0.468 e. The first-order valence-corrected chi connectivity index (χ1v) is 3.72. The van der Waals surface area contributed by atoms with Crippen LogP contribution in [0.25, 0.3) is 0 Å². The Kier molecular flexibility index (Phi) is 2.84. The van der Waals surface area contributed by atoms with Crippen LogP contribution in [0.3, 0.4) is 0 Å². The Morgan fingerprint density at radius 3 is 2.91 bits per heavy atom. The predicted octanol–water partition coefficient (Wildman–Crippen LogP) is -0.774. The van der Waals surface area contributed by atoms with Crippen molar-refractivity contribution in [2.75, 3.05) is 26.8 Å². The molecule has 0 spiro atoms. The van der Waals surface area contributed by atoms with Crippen LogP contribution < -0.4 is 0 Å². The first kappa shape index (κ1) is 8.49. The van der Waals surface area contributed by atoms with Crippen molar-refractivity contribution in [2.45, 2.75) is 12.5 Å². The molecule has 0 bridgehead atoms. The summed E-state index contributed by atoms with van der Waals surface area (Å²) in [4.78, 5) is 12.8. The minimum Gasteiger partial charge on any atom is -0.468 e. The number of esters is 1. The zero-order valence-corrected chi connectivity index (χ0v) is 6.62. The average Bonchev–Trinajstić information content (AvgIpc) is 1.98. The van der Waals surface area contributed by atoms with E-state index in [-0.39, 0.29) is 18.6 Å². The van der Waals surface area contributed by atoms with E-state index >= 15 is 0 Å². The summed E-state index contributed by atoms with van der Waals surface area (Å²) in [6, 6.07) is -0.104. The number of methoxy groups -OCH3 is 1. The van der Waals surface area contributed by atoms with E-state index in [4.69, 9.17) is 5.11 Å². The fraction of sp³-hybridized carbons (Fsp3) is 0.857. The fourth-order valence-electron chi connectivity index (χ4n) is 1.24. The summed E-state index contributed by atoms with van der Waals surface area (Å²) in [5.74, 6) is -0.190. The number of β-amino-alcohol motifs (C(OH)–C–C–N with tert-alkyl or cyclic N) is 1. The number of carbonyl (C=O) groups is 1. The minimum absolute atomic E-state index is 0.104. The molecule has 0 amide bonds. The molecule has 4 nitrogen and oxygen atoms in total. The minimum atomic E-state index is -0.190. The quantitative estimate of drug-likeness (QED) is 0.549. The van der Waals surface area contributed by atoms with Crippen molar-refractivity contribution in [3.63, 3.8) is 0 Å². The Bertz CT molecular complexity index is 149. The number of likely N-dealkylation sites (tertiary alicyclic amines) is 1. The second-order valence-electron chi connectivity index (χ2n) is 2.59. The normalized spacial score (nSPS) is 24.4. The smallest absolute Gasteiger partial charge is 0.323 e.